The average Bonchev–Trinajstić information content (AvgIpc) is 3.65. The van der Waals surface area contributed by atoms with Gasteiger partial charge in [0, 0.05) is 42.3 Å². The number of anilines is 1. The lowest BCUT2D eigenvalue weighted by molar-refractivity contribution is -0.101. The van der Waals surface area contributed by atoms with Crippen LogP contribution in [0.4, 0.5) is 14.5 Å². The number of dihydropyridines is 1. The van der Waals surface area contributed by atoms with E-state index >= 15 is 0 Å². The first-order valence-electron chi connectivity index (χ1n) is 11.9. The van der Waals surface area contributed by atoms with Crippen LogP contribution in [0.15, 0.2) is 71.5 Å². The molecule has 0 atom stereocenters. The van der Waals surface area contributed by atoms with Crippen LogP contribution in [0.25, 0.3) is 22.8 Å². The van der Waals surface area contributed by atoms with Crippen molar-refractivity contribution >= 4 is 28.5 Å². The molecule has 3 aromatic rings. The van der Waals surface area contributed by atoms with E-state index in [0.29, 0.717) is 19.0 Å². The highest BCUT2D eigenvalue weighted by Gasteiger charge is 2.31. The molecule has 0 bridgehead atoms. The Kier molecular flexibility index (Phi) is 5.47. The van der Waals surface area contributed by atoms with E-state index in [-0.39, 0.29) is 5.88 Å². The Morgan fingerprint density at radius 2 is 2.00 bits per heavy atom. The maximum atomic E-state index is 12.7. The van der Waals surface area contributed by atoms with Crippen LogP contribution < -0.4 is 25.5 Å². The SMILES string of the molecule is CCOc1ccc2c(n1)=C(C1=CC=C(OC(F)F)NC1)C(=C1CC1)N(c1ccc3ncn(C)c3c1)C=2. The summed E-state index contributed by atoms with van der Waals surface area (Å²) in [5, 5.41) is 4.74. The van der Waals surface area contributed by atoms with Gasteiger partial charge in [-0.25, -0.2) is 9.97 Å². The van der Waals surface area contributed by atoms with Crippen molar-refractivity contribution in [2.24, 2.45) is 7.05 Å². The Labute approximate surface area is 206 Å². The lowest BCUT2D eigenvalue weighted by Gasteiger charge is -2.31. The number of rotatable bonds is 6. The molecule has 0 amide bonds. The van der Waals surface area contributed by atoms with E-state index in [9.17, 15) is 8.78 Å². The molecule has 9 heteroatoms. The minimum atomic E-state index is -2.88. The minimum absolute atomic E-state index is 0.0483. The zero-order valence-electron chi connectivity index (χ0n) is 20.0. The minimum Gasteiger partial charge on any atom is -0.478 e. The molecule has 3 aliphatic rings. The van der Waals surface area contributed by atoms with Gasteiger partial charge in [0.05, 0.1) is 35.0 Å². The number of aromatic nitrogens is 3. The Morgan fingerprint density at radius 3 is 2.72 bits per heavy atom. The number of allylic oxidation sites excluding steroid dienone is 4. The maximum absolute atomic E-state index is 12.7. The molecule has 36 heavy (non-hydrogen) atoms. The maximum Gasteiger partial charge on any atom is 0.388 e. The number of hydrogen-bond acceptors (Lipinski definition) is 6. The smallest absolute Gasteiger partial charge is 0.388 e. The van der Waals surface area contributed by atoms with E-state index in [2.05, 4.69) is 38.3 Å². The number of hydrogen-bond donors (Lipinski definition) is 1. The number of nitrogens with zero attached hydrogens (tertiary/aromatic N) is 4. The molecule has 1 aliphatic carbocycles. The fourth-order valence-corrected chi connectivity index (χ4v) is 4.66. The van der Waals surface area contributed by atoms with Crippen LogP contribution in [-0.2, 0) is 11.8 Å². The van der Waals surface area contributed by atoms with Gasteiger partial charge in [0.2, 0.25) is 5.88 Å². The number of aryl methyl sites for hydroxylation is 1. The van der Waals surface area contributed by atoms with Gasteiger partial charge in [-0.05, 0) is 61.3 Å². The summed E-state index contributed by atoms with van der Waals surface area (Å²) in [5.41, 5.74) is 7.28. The molecule has 0 spiro atoms. The van der Waals surface area contributed by atoms with Crippen LogP contribution in [0.1, 0.15) is 19.8 Å². The van der Waals surface area contributed by atoms with Crippen LogP contribution in [0, 0.1) is 0 Å². The molecule has 0 saturated heterocycles. The Morgan fingerprint density at radius 1 is 1.14 bits per heavy atom. The molecular weight excluding hydrogens is 464 g/mol. The quantitative estimate of drug-likeness (QED) is 0.573. The van der Waals surface area contributed by atoms with Crippen LogP contribution in [0.5, 0.6) is 5.88 Å². The number of fused-ring (bicyclic) bond motifs is 2. The van der Waals surface area contributed by atoms with Gasteiger partial charge in [-0.15, -0.1) is 0 Å². The summed E-state index contributed by atoms with van der Waals surface area (Å²) in [6.07, 6.45) is 9.28. The highest BCUT2D eigenvalue weighted by Crippen LogP contribution is 2.42. The van der Waals surface area contributed by atoms with Gasteiger partial charge >= 0.3 is 6.61 Å². The molecule has 7 nitrogen and oxygen atoms in total. The third-order valence-electron chi connectivity index (χ3n) is 6.42. The molecule has 0 radical (unpaired) electrons. The molecule has 1 fully saturated rings. The molecule has 1 aromatic carbocycles. The fourth-order valence-electron chi connectivity index (χ4n) is 4.66. The van der Waals surface area contributed by atoms with Gasteiger partial charge in [0.15, 0.2) is 5.88 Å². The standard InChI is InChI=1S/C27H25F2N5O2/c1-3-35-23-11-7-18-14-34(19-8-9-20-21(12-19)33(2)15-31-20)26(16-4-5-16)24(25(18)32-23)17-6-10-22(30-13-17)36-27(28)29/h6-12,14-15,27,30H,3-5,13H2,1-2H3. The monoisotopic (exact) mass is 489 g/mol. The number of alkyl halides is 2. The Balaban J connectivity index is 1.56. The van der Waals surface area contributed by atoms with E-state index in [0.717, 1.165) is 57.0 Å². The fraction of sp³-hybridized carbons (Fsp3) is 0.259. The normalized spacial score (nSPS) is 16.9. The number of halogens is 2. The Hall–Kier alpha value is -4.14. The summed E-state index contributed by atoms with van der Waals surface area (Å²) < 4.78 is 37.8. The number of pyridine rings is 1. The van der Waals surface area contributed by atoms with Gasteiger partial charge in [-0.1, -0.05) is 6.08 Å². The highest BCUT2D eigenvalue weighted by atomic mass is 19.3. The van der Waals surface area contributed by atoms with Crippen LogP contribution in [-0.4, -0.2) is 34.3 Å². The Bertz CT molecular complexity index is 1580. The molecule has 1 N–H and O–H groups in total. The highest BCUT2D eigenvalue weighted by molar-refractivity contribution is 5.92. The first-order valence-corrected chi connectivity index (χ1v) is 11.9. The summed E-state index contributed by atoms with van der Waals surface area (Å²) in [4.78, 5) is 11.5. The molecule has 0 unspecified atom stereocenters. The van der Waals surface area contributed by atoms with Crippen LogP contribution in [0.3, 0.4) is 0 Å². The van der Waals surface area contributed by atoms with Crippen molar-refractivity contribution in [1.82, 2.24) is 19.9 Å². The molecule has 4 heterocycles. The van der Waals surface area contributed by atoms with Gasteiger partial charge < -0.3 is 24.3 Å². The average molecular weight is 490 g/mol. The van der Waals surface area contributed by atoms with Gasteiger partial charge in [-0.2, -0.15) is 8.78 Å². The van der Waals surface area contributed by atoms with Crippen molar-refractivity contribution < 1.29 is 18.3 Å². The lowest BCUT2D eigenvalue weighted by Crippen LogP contribution is -2.41. The molecule has 1 saturated carbocycles. The van der Waals surface area contributed by atoms with Crippen LogP contribution >= 0.6 is 0 Å². The summed E-state index contributed by atoms with van der Waals surface area (Å²) in [6, 6.07) is 10.1. The number of nitrogens with one attached hydrogen (secondary N) is 1. The third kappa shape index (κ3) is 4.00. The first kappa shape index (κ1) is 22.3. The summed E-state index contributed by atoms with van der Waals surface area (Å²) in [7, 11) is 1.98. The van der Waals surface area contributed by atoms with E-state index in [1.54, 1.807) is 6.08 Å². The van der Waals surface area contributed by atoms with Crippen LogP contribution in [0.2, 0.25) is 0 Å². The third-order valence-corrected chi connectivity index (χ3v) is 6.42. The zero-order valence-corrected chi connectivity index (χ0v) is 20.0. The molecular formula is C27H25F2N5O2. The number of ether oxygens (including phenoxy) is 2. The molecule has 184 valence electrons. The summed E-state index contributed by atoms with van der Waals surface area (Å²) >= 11 is 0. The summed E-state index contributed by atoms with van der Waals surface area (Å²) in [5.74, 6) is 0.598. The van der Waals surface area contributed by atoms with Crippen molar-refractivity contribution in [1.29, 1.82) is 0 Å². The summed E-state index contributed by atoms with van der Waals surface area (Å²) in [6.45, 7) is -0.112. The van der Waals surface area contributed by atoms with Crippen molar-refractivity contribution in [3.63, 3.8) is 0 Å². The van der Waals surface area contributed by atoms with Crippen molar-refractivity contribution in [2.45, 2.75) is 26.4 Å². The predicted octanol–water partition coefficient (Wildman–Crippen LogP) is 3.43. The topological polar surface area (TPSA) is 64.4 Å². The van der Waals surface area contributed by atoms with Gasteiger partial charge in [-0.3, -0.25) is 0 Å². The van der Waals surface area contributed by atoms with Crippen molar-refractivity contribution in [3.8, 4) is 5.88 Å². The van der Waals surface area contributed by atoms with Crippen molar-refractivity contribution in [3.05, 3.63) is 82.1 Å². The molecule has 2 aromatic heterocycles. The lowest BCUT2D eigenvalue weighted by atomic mass is 9.95. The second-order valence-electron chi connectivity index (χ2n) is 8.83. The zero-order chi connectivity index (χ0) is 24.8. The molecule has 6 rings (SSSR count). The van der Waals surface area contributed by atoms with E-state index < -0.39 is 6.61 Å². The van der Waals surface area contributed by atoms with Gasteiger partial charge in [0.25, 0.3) is 0 Å². The molecule has 2 aliphatic heterocycles. The van der Waals surface area contributed by atoms with E-state index in [1.807, 2.05) is 49.1 Å². The number of imidazole rings is 1. The second kappa shape index (κ2) is 8.82. The second-order valence-corrected chi connectivity index (χ2v) is 8.83. The van der Waals surface area contributed by atoms with Crippen molar-refractivity contribution in [2.75, 3.05) is 18.1 Å². The first-order chi connectivity index (χ1) is 17.5. The van der Waals surface area contributed by atoms with Gasteiger partial charge in [0.1, 0.15) is 0 Å². The van der Waals surface area contributed by atoms with E-state index in [1.165, 1.54) is 5.57 Å². The predicted molar refractivity (Wildman–Crippen MR) is 133 cm³/mol. The number of benzene rings is 1. The largest absolute Gasteiger partial charge is 0.478 e. The van der Waals surface area contributed by atoms with E-state index in [4.69, 9.17) is 9.72 Å².